The summed E-state index contributed by atoms with van der Waals surface area (Å²) >= 11 is 0. The van der Waals surface area contributed by atoms with Crippen LogP contribution in [0.3, 0.4) is 0 Å². The van der Waals surface area contributed by atoms with Crippen LogP contribution in [0.2, 0.25) is 0 Å². The van der Waals surface area contributed by atoms with Gasteiger partial charge in [0.25, 0.3) is 10.0 Å². The molecule has 0 atom stereocenters. The van der Waals surface area contributed by atoms with E-state index in [9.17, 15) is 13.2 Å². The first-order chi connectivity index (χ1) is 14.0. The highest BCUT2D eigenvalue weighted by Crippen LogP contribution is 2.34. The van der Waals surface area contributed by atoms with E-state index in [0.29, 0.717) is 11.3 Å². The molecular weight excluding hydrogens is 386 g/mol. The summed E-state index contributed by atoms with van der Waals surface area (Å²) in [5, 5.41) is 0. The van der Waals surface area contributed by atoms with Gasteiger partial charge in [0.2, 0.25) is 5.78 Å². The summed E-state index contributed by atoms with van der Waals surface area (Å²) < 4.78 is 33.1. The third-order valence-corrected chi connectivity index (χ3v) is 6.61. The van der Waals surface area contributed by atoms with Crippen molar-refractivity contribution in [2.75, 3.05) is 7.11 Å². The fourth-order valence-electron chi connectivity index (χ4n) is 3.29. The smallest absolute Gasteiger partial charge is 0.265 e. The quantitative estimate of drug-likeness (QED) is 0.613. The van der Waals surface area contributed by atoms with E-state index >= 15 is 0 Å². The molecule has 5 nitrogen and oxygen atoms in total. The largest absolute Gasteiger partial charge is 0.497 e. The van der Waals surface area contributed by atoms with Crippen LogP contribution in [0, 0.1) is 0 Å². The predicted molar refractivity (Wildman–Crippen MR) is 111 cm³/mol. The Morgan fingerprint density at radius 2 is 1.55 bits per heavy atom. The molecule has 3 aromatic carbocycles. The number of Topliss-reactive ketones (excluding diaryl/α,β-unsaturated/α-hetero) is 1. The molecule has 0 aliphatic carbocycles. The Morgan fingerprint density at radius 1 is 0.897 bits per heavy atom. The van der Waals surface area contributed by atoms with Crippen LogP contribution in [0.1, 0.15) is 21.5 Å². The van der Waals surface area contributed by atoms with Crippen molar-refractivity contribution < 1.29 is 17.9 Å². The zero-order valence-corrected chi connectivity index (χ0v) is 16.6. The molecule has 1 aliphatic heterocycles. The van der Waals surface area contributed by atoms with E-state index in [-0.39, 0.29) is 28.5 Å². The topological polar surface area (TPSA) is 63.7 Å². The van der Waals surface area contributed by atoms with Crippen LogP contribution in [-0.4, -0.2) is 25.6 Å². The molecule has 0 bridgehead atoms. The monoisotopic (exact) mass is 405 g/mol. The number of carbonyl (C=O) groups is 1. The van der Waals surface area contributed by atoms with Crippen molar-refractivity contribution in [3.05, 3.63) is 101 Å². The Balaban J connectivity index is 1.87. The molecule has 6 heteroatoms. The molecule has 146 valence electrons. The maximum atomic E-state index is 13.4. The SMILES string of the molecule is COc1ccc(/C=C2\C(=O)c3ccccc3S(=O)(=O)N2Cc2ccccc2)cc1. The van der Waals surface area contributed by atoms with Crippen molar-refractivity contribution in [1.82, 2.24) is 4.31 Å². The fraction of sp³-hybridized carbons (Fsp3) is 0.0870. The van der Waals surface area contributed by atoms with Gasteiger partial charge < -0.3 is 4.74 Å². The van der Waals surface area contributed by atoms with Crippen molar-refractivity contribution in [2.45, 2.75) is 11.4 Å². The minimum Gasteiger partial charge on any atom is -0.497 e. The maximum absolute atomic E-state index is 13.4. The molecule has 0 amide bonds. The molecule has 0 spiro atoms. The normalized spacial score (nSPS) is 16.5. The van der Waals surface area contributed by atoms with Crippen LogP contribution < -0.4 is 4.74 Å². The number of ketones is 1. The van der Waals surface area contributed by atoms with Crippen LogP contribution in [0.4, 0.5) is 0 Å². The first-order valence-electron chi connectivity index (χ1n) is 9.07. The van der Waals surface area contributed by atoms with Gasteiger partial charge in [-0.3, -0.25) is 9.10 Å². The summed E-state index contributed by atoms with van der Waals surface area (Å²) in [5.41, 5.74) is 1.82. The number of benzene rings is 3. The van der Waals surface area contributed by atoms with Crippen LogP contribution in [0.25, 0.3) is 6.08 Å². The minimum atomic E-state index is -3.88. The van der Waals surface area contributed by atoms with Crippen molar-refractivity contribution in [1.29, 1.82) is 0 Å². The number of allylic oxidation sites excluding steroid dienone is 1. The van der Waals surface area contributed by atoms with Gasteiger partial charge in [0.15, 0.2) is 0 Å². The summed E-state index contributed by atoms with van der Waals surface area (Å²) in [7, 11) is -2.30. The second-order valence-electron chi connectivity index (χ2n) is 6.63. The van der Waals surface area contributed by atoms with Crippen molar-refractivity contribution >= 4 is 21.9 Å². The lowest BCUT2D eigenvalue weighted by Crippen LogP contribution is -2.38. The van der Waals surface area contributed by atoms with E-state index in [1.807, 2.05) is 30.3 Å². The molecule has 0 fully saturated rings. The number of fused-ring (bicyclic) bond motifs is 1. The van der Waals surface area contributed by atoms with Crippen molar-refractivity contribution in [3.8, 4) is 5.75 Å². The zero-order valence-electron chi connectivity index (χ0n) is 15.8. The van der Waals surface area contributed by atoms with Gasteiger partial charge in [0.05, 0.1) is 18.6 Å². The molecule has 1 heterocycles. The number of sulfonamides is 1. The van der Waals surface area contributed by atoms with Gasteiger partial charge in [-0.15, -0.1) is 0 Å². The number of methoxy groups -OCH3 is 1. The van der Waals surface area contributed by atoms with Gasteiger partial charge in [-0.25, -0.2) is 8.42 Å². The number of carbonyl (C=O) groups excluding carboxylic acids is 1. The molecule has 0 saturated heterocycles. The summed E-state index contributed by atoms with van der Waals surface area (Å²) in [6, 6.07) is 22.7. The second kappa shape index (κ2) is 7.56. The Bertz CT molecular complexity index is 1180. The highest BCUT2D eigenvalue weighted by atomic mass is 32.2. The molecular formula is C23H19NO4S. The highest BCUT2D eigenvalue weighted by Gasteiger charge is 2.39. The van der Waals surface area contributed by atoms with Crippen LogP contribution in [-0.2, 0) is 16.6 Å². The molecule has 0 N–H and O–H groups in total. The molecule has 0 unspecified atom stereocenters. The maximum Gasteiger partial charge on any atom is 0.265 e. The third-order valence-electron chi connectivity index (χ3n) is 4.79. The highest BCUT2D eigenvalue weighted by molar-refractivity contribution is 7.89. The Kier molecular flexibility index (Phi) is 4.94. The lowest BCUT2D eigenvalue weighted by molar-refractivity contribution is 0.100. The number of rotatable bonds is 4. The van der Waals surface area contributed by atoms with Crippen LogP contribution >= 0.6 is 0 Å². The molecule has 29 heavy (non-hydrogen) atoms. The molecule has 4 rings (SSSR count). The summed E-state index contributed by atoms with van der Waals surface area (Å²) in [5.74, 6) is 0.364. The van der Waals surface area contributed by atoms with Gasteiger partial charge in [-0.05, 0) is 41.5 Å². The van der Waals surface area contributed by atoms with E-state index in [1.165, 1.54) is 10.4 Å². The van der Waals surface area contributed by atoms with Gasteiger partial charge in [-0.1, -0.05) is 54.6 Å². The standard InChI is InChI=1S/C23H19NO4S/c1-28-19-13-11-17(12-14-19)15-21-23(25)20-9-5-6-10-22(20)29(26,27)24(21)16-18-7-3-2-4-8-18/h2-15H,16H2,1H3/b21-15+. The van der Waals surface area contributed by atoms with Crippen LogP contribution in [0.5, 0.6) is 5.75 Å². The summed E-state index contributed by atoms with van der Waals surface area (Å²) in [4.78, 5) is 13.3. The van der Waals surface area contributed by atoms with E-state index in [1.54, 1.807) is 55.7 Å². The van der Waals surface area contributed by atoms with Gasteiger partial charge in [0.1, 0.15) is 11.4 Å². The number of hydrogen-bond donors (Lipinski definition) is 0. The number of nitrogens with zero attached hydrogens (tertiary/aromatic N) is 1. The number of ether oxygens (including phenoxy) is 1. The summed E-state index contributed by atoms with van der Waals surface area (Å²) in [6.45, 7) is 0.0746. The van der Waals surface area contributed by atoms with E-state index in [0.717, 1.165) is 5.56 Å². The minimum absolute atomic E-state index is 0.0350. The average molecular weight is 405 g/mol. The first kappa shape index (κ1) is 19.0. The zero-order chi connectivity index (χ0) is 20.4. The Labute approximate surface area is 169 Å². The first-order valence-corrected chi connectivity index (χ1v) is 10.5. The number of hydrogen-bond acceptors (Lipinski definition) is 4. The van der Waals surface area contributed by atoms with Gasteiger partial charge in [0, 0.05) is 5.56 Å². The second-order valence-corrected chi connectivity index (χ2v) is 8.46. The third kappa shape index (κ3) is 3.54. The molecule has 3 aromatic rings. The molecule has 1 aliphatic rings. The van der Waals surface area contributed by atoms with E-state index in [2.05, 4.69) is 0 Å². The van der Waals surface area contributed by atoms with E-state index < -0.39 is 10.0 Å². The van der Waals surface area contributed by atoms with E-state index in [4.69, 9.17) is 4.74 Å². The van der Waals surface area contributed by atoms with Crippen LogP contribution in [0.15, 0.2) is 89.5 Å². The van der Waals surface area contributed by atoms with Gasteiger partial charge in [-0.2, -0.15) is 0 Å². The lowest BCUT2D eigenvalue weighted by atomic mass is 10.0. The predicted octanol–water partition coefficient (Wildman–Crippen LogP) is 4.12. The molecule has 0 aromatic heterocycles. The Morgan fingerprint density at radius 3 is 2.24 bits per heavy atom. The Hall–Kier alpha value is -3.38. The fourth-order valence-corrected chi connectivity index (χ4v) is 4.93. The van der Waals surface area contributed by atoms with Gasteiger partial charge >= 0.3 is 0 Å². The van der Waals surface area contributed by atoms with Crippen molar-refractivity contribution in [3.63, 3.8) is 0 Å². The summed E-state index contributed by atoms with van der Waals surface area (Å²) in [6.07, 6.45) is 1.61. The molecule has 0 radical (unpaired) electrons. The molecule has 0 saturated carbocycles. The van der Waals surface area contributed by atoms with Crippen molar-refractivity contribution in [2.24, 2.45) is 0 Å². The average Bonchev–Trinajstić information content (AvgIpc) is 2.76. The lowest BCUT2D eigenvalue weighted by Gasteiger charge is -2.31.